The molecule has 0 N–H and O–H groups in total. The quantitative estimate of drug-likeness (QED) is 0.688. The van der Waals surface area contributed by atoms with Crippen molar-refractivity contribution in [3.63, 3.8) is 0 Å². The number of aliphatic imine (C=N–C) groups is 1. The van der Waals surface area contributed by atoms with E-state index in [4.69, 9.17) is 4.74 Å². The molecule has 0 bridgehead atoms. The second-order valence-electron chi connectivity index (χ2n) is 6.11. The summed E-state index contributed by atoms with van der Waals surface area (Å²) in [5.74, 6) is -0.500. The molecule has 0 unspecified atom stereocenters. The number of carbonyl (C=O) groups excluding carboxylic acids is 2. The molecule has 0 radical (unpaired) electrons. The highest BCUT2D eigenvalue weighted by atomic mass is 16.5. The Morgan fingerprint density at radius 2 is 1.69 bits per heavy atom. The van der Waals surface area contributed by atoms with Crippen molar-refractivity contribution < 1.29 is 14.3 Å². The number of ether oxygens (including phenoxy) is 1. The second-order valence-corrected chi connectivity index (χ2v) is 6.11. The monoisotopic (exact) mass is 350 g/mol. The number of hydrogen-bond acceptors (Lipinski definition) is 4. The Kier molecular flexibility index (Phi) is 6.14. The lowest BCUT2D eigenvalue weighted by molar-refractivity contribution is -0.124. The van der Waals surface area contributed by atoms with Crippen LogP contribution in [0.3, 0.4) is 0 Å². The minimum atomic E-state index is -0.350. The van der Waals surface area contributed by atoms with Crippen molar-refractivity contribution in [2.75, 3.05) is 24.6 Å². The van der Waals surface area contributed by atoms with Gasteiger partial charge in [0.1, 0.15) is 6.61 Å². The van der Waals surface area contributed by atoms with Crippen LogP contribution in [0.1, 0.15) is 18.4 Å². The summed E-state index contributed by atoms with van der Waals surface area (Å²) >= 11 is 0. The van der Waals surface area contributed by atoms with E-state index < -0.39 is 0 Å². The Bertz CT molecular complexity index is 772. The predicted octanol–water partition coefficient (Wildman–Crippen LogP) is 3.04. The number of para-hydroxylation sites is 1. The lowest BCUT2D eigenvalue weighted by Crippen LogP contribution is -2.35. The van der Waals surface area contributed by atoms with Crippen LogP contribution in [0.15, 0.2) is 65.7 Å². The average Bonchev–Trinajstić information content (AvgIpc) is 3.21. The van der Waals surface area contributed by atoms with Crippen LogP contribution in [0, 0.1) is 0 Å². The van der Waals surface area contributed by atoms with Crippen molar-refractivity contribution >= 4 is 23.3 Å². The Labute approximate surface area is 153 Å². The van der Waals surface area contributed by atoms with Crippen molar-refractivity contribution in [3.8, 4) is 0 Å². The van der Waals surface area contributed by atoms with Crippen LogP contribution < -0.4 is 4.90 Å². The maximum atomic E-state index is 12.7. The average molecular weight is 350 g/mol. The minimum Gasteiger partial charge on any atom is -0.473 e. The van der Waals surface area contributed by atoms with Gasteiger partial charge in [-0.05, 0) is 30.5 Å². The highest BCUT2D eigenvalue weighted by Crippen LogP contribution is 2.16. The van der Waals surface area contributed by atoms with Crippen molar-refractivity contribution in [2.24, 2.45) is 4.99 Å². The van der Waals surface area contributed by atoms with Gasteiger partial charge in [-0.25, -0.2) is 4.99 Å². The van der Waals surface area contributed by atoms with Gasteiger partial charge in [0.05, 0.1) is 13.0 Å². The Morgan fingerprint density at radius 1 is 1.00 bits per heavy atom. The largest absolute Gasteiger partial charge is 0.473 e. The molecule has 0 atom stereocenters. The van der Waals surface area contributed by atoms with Crippen molar-refractivity contribution in [1.29, 1.82) is 0 Å². The SMILES string of the molecule is O=C(CC(=O)N(CCCc1ccccc1)c1ccccc1)C1=NCCO1. The fourth-order valence-electron chi connectivity index (χ4n) is 2.90. The molecule has 0 fully saturated rings. The number of nitrogens with zero attached hydrogens (tertiary/aromatic N) is 2. The van der Waals surface area contributed by atoms with E-state index in [0.717, 1.165) is 18.5 Å². The molecule has 0 saturated carbocycles. The van der Waals surface area contributed by atoms with E-state index in [1.807, 2.05) is 48.5 Å². The molecule has 1 aliphatic rings. The number of rotatable bonds is 8. The molecule has 26 heavy (non-hydrogen) atoms. The lowest BCUT2D eigenvalue weighted by atomic mass is 10.1. The maximum absolute atomic E-state index is 12.7. The smallest absolute Gasteiger partial charge is 0.254 e. The molecule has 5 nitrogen and oxygen atoms in total. The molecule has 3 rings (SSSR count). The molecule has 0 aliphatic carbocycles. The van der Waals surface area contributed by atoms with E-state index in [0.29, 0.717) is 19.7 Å². The zero-order valence-electron chi connectivity index (χ0n) is 14.6. The highest BCUT2D eigenvalue weighted by molar-refractivity contribution is 6.40. The summed E-state index contributed by atoms with van der Waals surface area (Å²) in [6.07, 6.45) is 1.47. The van der Waals surface area contributed by atoms with E-state index in [-0.39, 0.29) is 24.0 Å². The summed E-state index contributed by atoms with van der Waals surface area (Å²) < 4.78 is 5.17. The molecular formula is C21H22N2O3. The molecule has 0 aromatic heterocycles. The third-order valence-corrected chi connectivity index (χ3v) is 4.19. The standard InChI is InChI=1S/C21H22N2O3/c24-19(21-22-13-15-26-21)16-20(25)23(18-11-5-2-6-12-18)14-7-10-17-8-3-1-4-9-17/h1-6,8-9,11-12H,7,10,13-16H2. The summed E-state index contributed by atoms with van der Waals surface area (Å²) in [6, 6.07) is 19.6. The van der Waals surface area contributed by atoms with Crippen LogP contribution in [0.2, 0.25) is 0 Å². The van der Waals surface area contributed by atoms with Crippen LogP contribution in [-0.4, -0.2) is 37.3 Å². The van der Waals surface area contributed by atoms with Gasteiger partial charge >= 0.3 is 0 Å². The van der Waals surface area contributed by atoms with Gasteiger partial charge in [-0.2, -0.15) is 0 Å². The molecule has 0 saturated heterocycles. The summed E-state index contributed by atoms with van der Waals surface area (Å²) in [7, 11) is 0. The molecule has 2 aromatic carbocycles. The number of aryl methyl sites for hydroxylation is 1. The van der Waals surface area contributed by atoms with Crippen LogP contribution in [0.5, 0.6) is 0 Å². The first-order valence-electron chi connectivity index (χ1n) is 8.84. The number of amides is 1. The van der Waals surface area contributed by atoms with Crippen molar-refractivity contribution in [1.82, 2.24) is 0 Å². The summed E-state index contributed by atoms with van der Waals surface area (Å²) in [5.41, 5.74) is 2.03. The molecule has 2 aromatic rings. The van der Waals surface area contributed by atoms with Crippen LogP contribution in [0.25, 0.3) is 0 Å². The molecule has 134 valence electrons. The van der Waals surface area contributed by atoms with Gasteiger partial charge in [-0.15, -0.1) is 0 Å². The Morgan fingerprint density at radius 3 is 2.35 bits per heavy atom. The van der Waals surface area contributed by atoms with Crippen molar-refractivity contribution in [3.05, 3.63) is 66.2 Å². The molecule has 1 aliphatic heterocycles. The summed E-state index contributed by atoms with van der Waals surface area (Å²) in [5, 5.41) is 0. The summed E-state index contributed by atoms with van der Waals surface area (Å²) in [6.45, 7) is 1.45. The normalized spacial score (nSPS) is 13.0. The molecule has 0 spiro atoms. The number of hydrogen-bond donors (Lipinski definition) is 0. The number of anilines is 1. The number of benzene rings is 2. The van der Waals surface area contributed by atoms with Crippen LogP contribution in [0.4, 0.5) is 5.69 Å². The first kappa shape index (κ1) is 17.9. The Balaban J connectivity index is 1.64. The first-order chi connectivity index (χ1) is 12.7. The minimum absolute atomic E-state index is 0.0793. The van der Waals surface area contributed by atoms with Gasteiger partial charge in [-0.1, -0.05) is 48.5 Å². The molecule has 1 amide bonds. The van der Waals surface area contributed by atoms with Crippen molar-refractivity contribution in [2.45, 2.75) is 19.3 Å². The molecule has 5 heteroatoms. The van der Waals surface area contributed by atoms with E-state index in [1.54, 1.807) is 4.90 Å². The maximum Gasteiger partial charge on any atom is 0.254 e. The fourth-order valence-corrected chi connectivity index (χ4v) is 2.90. The highest BCUT2D eigenvalue weighted by Gasteiger charge is 2.24. The molecular weight excluding hydrogens is 328 g/mol. The first-order valence-corrected chi connectivity index (χ1v) is 8.84. The van der Waals surface area contributed by atoms with E-state index in [2.05, 4.69) is 17.1 Å². The summed E-state index contributed by atoms with van der Waals surface area (Å²) in [4.78, 5) is 30.6. The third kappa shape index (κ3) is 4.79. The lowest BCUT2D eigenvalue weighted by Gasteiger charge is -2.22. The van der Waals surface area contributed by atoms with E-state index in [9.17, 15) is 9.59 Å². The molecule has 1 heterocycles. The van der Waals surface area contributed by atoms with Gasteiger partial charge in [0.2, 0.25) is 11.7 Å². The topological polar surface area (TPSA) is 59.0 Å². The van der Waals surface area contributed by atoms with Crippen LogP contribution in [-0.2, 0) is 20.7 Å². The second kappa shape index (κ2) is 8.94. The zero-order valence-corrected chi connectivity index (χ0v) is 14.6. The number of carbonyl (C=O) groups is 2. The fraction of sp³-hybridized carbons (Fsp3) is 0.286. The van der Waals surface area contributed by atoms with Gasteiger partial charge in [-0.3, -0.25) is 9.59 Å². The third-order valence-electron chi connectivity index (χ3n) is 4.19. The van der Waals surface area contributed by atoms with Gasteiger partial charge < -0.3 is 9.64 Å². The number of Topliss-reactive ketones (excluding diaryl/α,β-unsaturated/α-hetero) is 1. The van der Waals surface area contributed by atoms with E-state index in [1.165, 1.54) is 5.56 Å². The zero-order chi connectivity index (χ0) is 18.2. The number of ketones is 1. The van der Waals surface area contributed by atoms with Gasteiger partial charge in [0.15, 0.2) is 0 Å². The van der Waals surface area contributed by atoms with Gasteiger partial charge in [0, 0.05) is 12.2 Å². The predicted molar refractivity (Wildman–Crippen MR) is 101 cm³/mol. The Hall–Kier alpha value is -2.95. The van der Waals surface area contributed by atoms with E-state index >= 15 is 0 Å². The van der Waals surface area contributed by atoms with Gasteiger partial charge in [0.25, 0.3) is 5.90 Å². The van der Waals surface area contributed by atoms with Crippen LogP contribution >= 0.6 is 0 Å².